The van der Waals surface area contributed by atoms with Gasteiger partial charge in [-0.15, -0.1) is 0 Å². The average Bonchev–Trinajstić information content (AvgIpc) is 2.54. The lowest BCUT2D eigenvalue weighted by molar-refractivity contribution is -0.114. The Kier molecular flexibility index (Phi) is 6.31. The molecule has 0 radical (unpaired) electrons. The van der Waals surface area contributed by atoms with Crippen molar-refractivity contribution in [2.45, 2.75) is 0 Å². The van der Waals surface area contributed by atoms with Gasteiger partial charge in [0.05, 0.1) is 24.7 Å². The van der Waals surface area contributed by atoms with E-state index in [0.717, 1.165) is 10.6 Å². The van der Waals surface area contributed by atoms with E-state index in [-0.39, 0.29) is 5.69 Å². The number of carbonyl (C=O) groups is 1. The first kappa shape index (κ1) is 19.6. The average molecular weight is 448 g/mol. The summed E-state index contributed by atoms with van der Waals surface area (Å²) in [5, 5.41) is 3.00. The topological polar surface area (TPSA) is 75.7 Å². The number of methoxy groups -OCH3 is 1. The molecule has 0 aliphatic carbocycles. The smallest absolute Gasteiger partial charge is 0.245 e. The van der Waals surface area contributed by atoms with E-state index in [1.165, 1.54) is 13.2 Å². The lowest BCUT2D eigenvalue weighted by Gasteiger charge is -2.24. The Balaban J connectivity index is 2.32. The van der Waals surface area contributed by atoms with Crippen LogP contribution in [0.1, 0.15) is 0 Å². The number of hydrogen-bond acceptors (Lipinski definition) is 4. The minimum Gasteiger partial charge on any atom is -0.495 e. The molecule has 2 aromatic rings. The molecular weight excluding hydrogens is 432 g/mol. The SMILES string of the molecule is COc1ccc(Cl)cc1N(CC(=O)Nc1ccccc1Br)S(C)(=O)=O. The number of sulfonamides is 1. The van der Waals surface area contributed by atoms with Gasteiger partial charge >= 0.3 is 0 Å². The fourth-order valence-electron chi connectivity index (χ4n) is 2.12. The van der Waals surface area contributed by atoms with Gasteiger partial charge in [-0.05, 0) is 46.3 Å². The summed E-state index contributed by atoms with van der Waals surface area (Å²) < 4.78 is 31.2. The summed E-state index contributed by atoms with van der Waals surface area (Å²) in [7, 11) is -2.33. The van der Waals surface area contributed by atoms with E-state index >= 15 is 0 Å². The summed E-state index contributed by atoms with van der Waals surface area (Å²) >= 11 is 9.29. The minimum absolute atomic E-state index is 0.194. The number of hydrogen-bond donors (Lipinski definition) is 1. The van der Waals surface area contributed by atoms with Gasteiger partial charge in [0, 0.05) is 9.50 Å². The van der Waals surface area contributed by atoms with E-state index in [9.17, 15) is 13.2 Å². The van der Waals surface area contributed by atoms with Crippen LogP contribution in [0.15, 0.2) is 46.9 Å². The van der Waals surface area contributed by atoms with Crippen LogP contribution in [0.4, 0.5) is 11.4 Å². The second-order valence-electron chi connectivity index (χ2n) is 5.11. The first-order valence-electron chi connectivity index (χ1n) is 7.08. The lowest BCUT2D eigenvalue weighted by atomic mass is 10.3. The molecule has 0 saturated carbocycles. The molecule has 9 heteroatoms. The molecule has 0 aliphatic rings. The number of anilines is 2. The van der Waals surface area contributed by atoms with Crippen LogP contribution in [0.2, 0.25) is 5.02 Å². The molecular formula is C16H16BrClN2O4S. The van der Waals surface area contributed by atoms with Gasteiger partial charge < -0.3 is 10.1 Å². The molecule has 2 rings (SSSR count). The number of para-hydroxylation sites is 1. The summed E-state index contributed by atoms with van der Waals surface area (Å²) in [5.41, 5.74) is 0.735. The quantitative estimate of drug-likeness (QED) is 0.735. The molecule has 0 spiro atoms. The number of rotatable bonds is 6. The zero-order chi connectivity index (χ0) is 18.6. The van der Waals surface area contributed by atoms with Crippen molar-refractivity contribution < 1.29 is 17.9 Å². The van der Waals surface area contributed by atoms with Crippen molar-refractivity contribution in [1.29, 1.82) is 0 Å². The highest BCUT2D eigenvalue weighted by molar-refractivity contribution is 9.10. The fourth-order valence-corrected chi connectivity index (χ4v) is 3.52. The zero-order valence-electron chi connectivity index (χ0n) is 13.5. The zero-order valence-corrected chi connectivity index (χ0v) is 16.7. The Labute approximate surface area is 159 Å². The number of halogens is 2. The van der Waals surface area contributed by atoms with Gasteiger partial charge in [-0.3, -0.25) is 9.10 Å². The first-order chi connectivity index (χ1) is 11.7. The highest BCUT2D eigenvalue weighted by atomic mass is 79.9. The fraction of sp³-hybridized carbons (Fsp3) is 0.188. The molecule has 1 amide bonds. The molecule has 0 bridgehead atoms. The molecule has 25 heavy (non-hydrogen) atoms. The predicted octanol–water partition coefficient (Wildman–Crippen LogP) is 3.52. The molecule has 0 unspecified atom stereocenters. The van der Waals surface area contributed by atoms with Crippen molar-refractivity contribution in [3.8, 4) is 5.75 Å². The summed E-state index contributed by atoms with van der Waals surface area (Å²) in [6.07, 6.45) is 1.01. The van der Waals surface area contributed by atoms with Gasteiger partial charge in [0.25, 0.3) is 0 Å². The van der Waals surface area contributed by atoms with Gasteiger partial charge in [0.15, 0.2) is 0 Å². The Bertz CT molecular complexity index is 889. The van der Waals surface area contributed by atoms with E-state index in [1.807, 2.05) is 0 Å². The summed E-state index contributed by atoms with van der Waals surface area (Å²) in [5.74, 6) is -0.206. The number of nitrogens with one attached hydrogen (secondary N) is 1. The number of nitrogens with zero attached hydrogens (tertiary/aromatic N) is 1. The molecule has 0 fully saturated rings. The number of carbonyl (C=O) groups excluding carboxylic acids is 1. The van der Waals surface area contributed by atoms with Gasteiger partial charge in [-0.25, -0.2) is 8.42 Å². The maximum atomic E-state index is 12.4. The van der Waals surface area contributed by atoms with Crippen LogP contribution in [-0.2, 0) is 14.8 Å². The van der Waals surface area contributed by atoms with Crippen LogP contribution in [0.5, 0.6) is 5.75 Å². The van der Waals surface area contributed by atoms with E-state index in [2.05, 4.69) is 21.2 Å². The van der Waals surface area contributed by atoms with E-state index < -0.39 is 22.5 Å². The van der Waals surface area contributed by atoms with Crippen LogP contribution in [0, 0.1) is 0 Å². The van der Waals surface area contributed by atoms with Gasteiger partial charge in [0.1, 0.15) is 12.3 Å². The van der Waals surface area contributed by atoms with Crippen molar-refractivity contribution in [2.75, 3.05) is 29.5 Å². The third-order valence-electron chi connectivity index (χ3n) is 3.25. The Morgan fingerprint density at radius 2 is 1.96 bits per heavy atom. The third kappa shape index (κ3) is 5.10. The Morgan fingerprint density at radius 3 is 2.56 bits per heavy atom. The summed E-state index contributed by atoms with van der Waals surface area (Å²) in [6.45, 7) is -0.420. The van der Waals surface area contributed by atoms with Crippen molar-refractivity contribution in [3.05, 3.63) is 52.0 Å². The van der Waals surface area contributed by atoms with Gasteiger partial charge in [-0.2, -0.15) is 0 Å². The standard InChI is InChI=1S/C16H16BrClN2O4S/c1-24-15-8-7-11(18)9-14(15)20(25(2,22)23)10-16(21)19-13-6-4-3-5-12(13)17/h3-9H,10H2,1-2H3,(H,19,21). The van der Waals surface area contributed by atoms with Crippen molar-refractivity contribution in [1.82, 2.24) is 0 Å². The first-order valence-corrected chi connectivity index (χ1v) is 10.1. The minimum atomic E-state index is -3.74. The van der Waals surface area contributed by atoms with Crippen LogP contribution in [-0.4, -0.2) is 34.2 Å². The second kappa shape index (κ2) is 8.07. The molecule has 0 aliphatic heterocycles. The largest absolute Gasteiger partial charge is 0.495 e. The molecule has 0 saturated heterocycles. The van der Waals surface area contributed by atoms with Gasteiger partial charge in [-0.1, -0.05) is 23.7 Å². The molecule has 1 N–H and O–H groups in total. The molecule has 0 atom stereocenters. The number of ether oxygens (including phenoxy) is 1. The third-order valence-corrected chi connectivity index (χ3v) is 5.30. The number of amides is 1. The normalized spacial score (nSPS) is 11.0. The molecule has 6 nitrogen and oxygen atoms in total. The van der Waals surface area contributed by atoms with E-state index in [1.54, 1.807) is 36.4 Å². The van der Waals surface area contributed by atoms with Crippen molar-refractivity contribution >= 4 is 54.8 Å². The number of benzene rings is 2. The highest BCUT2D eigenvalue weighted by Gasteiger charge is 2.24. The van der Waals surface area contributed by atoms with Crippen molar-refractivity contribution in [3.63, 3.8) is 0 Å². The maximum Gasteiger partial charge on any atom is 0.245 e. The van der Waals surface area contributed by atoms with Gasteiger partial charge in [0.2, 0.25) is 15.9 Å². The van der Waals surface area contributed by atoms with Crippen molar-refractivity contribution in [2.24, 2.45) is 0 Å². The van der Waals surface area contributed by atoms with Crippen LogP contribution >= 0.6 is 27.5 Å². The van der Waals surface area contributed by atoms with Crippen LogP contribution in [0.3, 0.4) is 0 Å². The second-order valence-corrected chi connectivity index (χ2v) is 8.31. The van der Waals surface area contributed by atoms with E-state index in [0.29, 0.717) is 20.9 Å². The molecule has 2 aromatic carbocycles. The Hall–Kier alpha value is -1.77. The van der Waals surface area contributed by atoms with Crippen LogP contribution in [0.25, 0.3) is 0 Å². The maximum absolute atomic E-state index is 12.4. The molecule has 134 valence electrons. The predicted molar refractivity (Wildman–Crippen MR) is 103 cm³/mol. The summed E-state index contributed by atoms with van der Waals surface area (Å²) in [4.78, 5) is 12.4. The molecule has 0 heterocycles. The Morgan fingerprint density at radius 1 is 1.28 bits per heavy atom. The molecule has 0 aromatic heterocycles. The summed E-state index contributed by atoms with van der Waals surface area (Å²) in [6, 6.07) is 11.6. The highest BCUT2D eigenvalue weighted by Crippen LogP contribution is 2.32. The van der Waals surface area contributed by atoms with E-state index in [4.69, 9.17) is 16.3 Å². The van der Waals surface area contributed by atoms with Crippen LogP contribution < -0.4 is 14.4 Å². The monoisotopic (exact) mass is 446 g/mol. The lowest BCUT2D eigenvalue weighted by Crippen LogP contribution is -2.37.